The van der Waals surface area contributed by atoms with Crippen LogP contribution in [-0.2, 0) is 0 Å². The van der Waals surface area contributed by atoms with Crippen molar-refractivity contribution in [3.05, 3.63) is 23.8 Å². The van der Waals surface area contributed by atoms with Crippen LogP contribution in [0.1, 0.15) is 25.3 Å². The van der Waals surface area contributed by atoms with E-state index in [1.165, 1.54) is 5.56 Å². The van der Waals surface area contributed by atoms with E-state index in [9.17, 15) is 0 Å². The highest BCUT2D eigenvalue weighted by Crippen LogP contribution is 2.34. The monoisotopic (exact) mass is 207 g/mol. The molecule has 0 radical (unpaired) electrons. The van der Waals surface area contributed by atoms with Gasteiger partial charge in [0.1, 0.15) is 0 Å². The van der Waals surface area contributed by atoms with E-state index in [0.29, 0.717) is 12.7 Å². The van der Waals surface area contributed by atoms with Crippen molar-refractivity contribution in [2.45, 2.75) is 19.8 Å². The summed E-state index contributed by atoms with van der Waals surface area (Å²) in [5, 5.41) is 3.34. The molecule has 15 heavy (non-hydrogen) atoms. The van der Waals surface area contributed by atoms with Crippen molar-refractivity contribution in [3.8, 4) is 11.5 Å². The maximum atomic E-state index is 5.35. The molecule has 1 aromatic rings. The predicted molar refractivity (Wildman–Crippen MR) is 59.5 cm³/mol. The summed E-state index contributed by atoms with van der Waals surface area (Å²) in [6, 6.07) is 6.17. The summed E-state index contributed by atoms with van der Waals surface area (Å²) in [7, 11) is 0. The van der Waals surface area contributed by atoms with Crippen LogP contribution in [-0.4, -0.2) is 19.9 Å². The van der Waals surface area contributed by atoms with Crippen molar-refractivity contribution in [3.63, 3.8) is 0 Å². The van der Waals surface area contributed by atoms with Gasteiger partial charge in [-0.3, -0.25) is 0 Å². The largest absolute Gasteiger partial charge is 0.454 e. The average molecular weight is 207 g/mol. The van der Waals surface area contributed by atoms with Gasteiger partial charge in [0.05, 0.1) is 0 Å². The number of nitrogens with one attached hydrogen (secondary N) is 1. The number of fused-ring (bicyclic) bond motifs is 1. The average Bonchev–Trinajstić information content (AvgIpc) is 2.72. The molecule has 1 aliphatic rings. The van der Waals surface area contributed by atoms with Crippen LogP contribution in [0, 0.1) is 0 Å². The van der Waals surface area contributed by atoms with Gasteiger partial charge in [-0.05, 0) is 30.2 Å². The topological polar surface area (TPSA) is 30.5 Å². The van der Waals surface area contributed by atoms with Crippen molar-refractivity contribution < 1.29 is 9.47 Å². The van der Waals surface area contributed by atoms with Crippen LogP contribution in [0.3, 0.4) is 0 Å². The van der Waals surface area contributed by atoms with Gasteiger partial charge in [-0.25, -0.2) is 0 Å². The molecule has 3 nitrogen and oxygen atoms in total. The first-order valence-corrected chi connectivity index (χ1v) is 5.41. The van der Waals surface area contributed by atoms with Crippen LogP contribution in [0.2, 0.25) is 0 Å². The molecule has 0 spiro atoms. The van der Waals surface area contributed by atoms with E-state index in [0.717, 1.165) is 24.6 Å². The second-order valence-corrected chi connectivity index (χ2v) is 3.82. The zero-order valence-electron chi connectivity index (χ0n) is 9.25. The van der Waals surface area contributed by atoms with Crippen LogP contribution in [0.25, 0.3) is 0 Å². The fourth-order valence-electron chi connectivity index (χ4n) is 1.70. The van der Waals surface area contributed by atoms with Crippen LogP contribution >= 0.6 is 0 Å². The molecule has 2 rings (SSSR count). The lowest BCUT2D eigenvalue weighted by molar-refractivity contribution is 0.174. The standard InChI is InChI=1S/C12H17NO2/c1-3-13-7-9(2)10-4-5-11-12(6-10)15-8-14-11/h4-6,9,13H,3,7-8H2,1-2H3/t9-/m0/s1. The molecule has 82 valence electrons. The molecular weight excluding hydrogens is 190 g/mol. The first-order chi connectivity index (χ1) is 7.31. The minimum Gasteiger partial charge on any atom is -0.454 e. The highest BCUT2D eigenvalue weighted by atomic mass is 16.7. The number of rotatable bonds is 4. The third-order valence-corrected chi connectivity index (χ3v) is 2.67. The van der Waals surface area contributed by atoms with Crippen LogP contribution in [0.15, 0.2) is 18.2 Å². The van der Waals surface area contributed by atoms with Crippen LogP contribution in [0.5, 0.6) is 11.5 Å². The van der Waals surface area contributed by atoms with E-state index in [4.69, 9.17) is 9.47 Å². The number of likely N-dealkylation sites (N-methyl/N-ethyl adjacent to an activating group) is 1. The highest BCUT2D eigenvalue weighted by Gasteiger charge is 2.15. The lowest BCUT2D eigenvalue weighted by Crippen LogP contribution is -2.19. The van der Waals surface area contributed by atoms with E-state index in [2.05, 4.69) is 31.3 Å². The van der Waals surface area contributed by atoms with Gasteiger partial charge in [0.2, 0.25) is 6.79 Å². The molecule has 1 heterocycles. The Hall–Kier alpha value is -1.22. The summed E-state index contributed by atoms with van der Waals surface area (Å²) in [5.74, 6) is 2.23. The van der Waals surface area contributed by atoms with Crippen molar-refractivity contribution in [2.24, 2.45) is 0 Å². The molecule has 0 saturated heterocycles. The Balaban J connectivity index is 2.08. The molecule has 0 bridgehead atoms. The fourth-order valence-corrected chi connectivity index (χ4v) is 1.70. The highest BCUT2D eigenvalue weighted by molar-refractivity contribution is 5.45. The number of ether oxygens (including phenoxy) is 2. The van der Waals surface area contributed by atoms with Gasteiger partial charge in [-0.2, -0.15) is 0 Å². The van der Waals surface area contributed by atoms with Crippen LogP contribution in [0.4, 0.5) is 0 Å². The van der Waals surface area contributed by atoms with Crippen molar-refractivity contribution in [2.75, 3.05) is 19.9 Å². The molecular formula is C12H17NO2. The smallest absolute Gasteiger partial charge is 0.231 e. The van der Waals surface area contributed by atoms with Crippen LogP contribution < -0.4 is 14.8 Å². The Bertz CT molecular complexity index is 338. The van der Waals surface area contributed by atoms with Gasteiger partial charge >= 0.3 is 0 Å². The third-order valence-electron chi connectivity index (χ3n) is 2.67. The normalized spacial score (nSPS) is 15.3. The lowest BCUT2D eigenvalue weighted by atomic mass is 10.0. The second-order valence-electron chi connectivity index (χ2n) is 3.82. The molecule has 1 aliphatic heterocycles. The van der Waals surface area contributed by atoms with E-state index < -0.39 is 0 Å². The summed E-state index contributed by atoms with van der Waals surface area (Å²) < 4.78 is 10.6. The first-order valence-electron chi connectivity index (χ1n) is 5.41. The number of hydrogen-bond donors (Lipinski definition) is 1. The van der Waals surface area contributed by atoms with Gasteiger partial charge < -0.3 is 14.8 Å². The Morgan fingerprint density at radius 2 is 2.13 bits per heavy atom. The number of hydrogen-bond acceptors (Lipinski definition) is 3. The van der Waals surface area contributed by atoms with E-state index in [1.54, 1.807) is 0 Å². The Kier molecular flexibility index (Phi) is 3.11. The van der Waals surface area contributed by atoms with Gasteiger partial charge in [0.25, 0.3) is 0 Å². The Labute approximate surface area is 90.4 Å². The maximum Gasteiger partial charge on any atom is 0.231 e. The fraction of sp³-hybridized carbons (Fsp3) is 0.500. The molecule has 1 aromatic carbocycles. The van der Waals surface area contributed by atoms with E-state index in [-0.39, 0.29) is 0 Å². The Morgan fingerprint density at radius 3 is 2.93 bits per heavy atom. The van der Waals surface area contributed by atoms with Gasteiger partial charge in [-0.15, -0.1) is 0 Å². The molecule has 1 N–H and O–H groups in total. The molecule has 0 aromatic heterocycles. The molecule has 0 aliphatic carbocycles. The summed E-state index contributed by atoms with van der Waals surface area (Å²) in [6.07, 6.45) is 0. The molecule has 1 atom stereocenters. The molecule has 3 heteroatoms. The third kappa shape index (κ3) is 2.23. The van der Waals surface area contributed by atoms with E-state index >= 15 is 0 Å². The molecule has 0 saturated carbocycles. The van der Waals surface area contributed by atoms with Crippen molar-refractivity contribution in [1.29, 1.82) is 0 Å². The quantitative estimate of drug-likeness (QED) is 0.820. The molecule has 0 amide bonds. The van der Waals surface area contributed by atoms with Gasteiger partial charge in [0, 0.05) is 6.54 Å². The first kappa shape index (κ1) is 10.3. The minimum absolute atomic E-state index is 0.348. The zero-order valence-corrected chi connectivity index (χ0v) is 9.25. The minimum atomic E-state index is 0.348. The maximum absolute atomic E-state index is 5.35. The summed E-state index contributed by atoms with van der Waals surface area (Å²) in [5.41, 5.74) is 1.29. The predicted octanol–water partition coefficient (Wildman–Crippen LogP) is 2.13. The summed E-state index contributed by atoms with van der Waals surface area (Å²) in [4.78, 5) is 0. The van der Waals surface area contributed by atoms with Gasteiger partial charge in [0.15, 0.2) is 11.5 Å². The molecule has 0 unspecified atom stereocenters. The van der Waals surface area contributed by atoms with Gasteiger partial charge in [-0.1, -0.05) is 19.9 Å². The molecule has 0 fully saturated rings. The SMILES string of the molecule is CCNC[C@H](C)c1ccc2c(c1)OCO2. The van der Waals surface area contributed by atoms with Crippen molar-refractivity contribution >= 4 is 0 Å². The Morgan fingerprint density at radius 1 is 1.33 bits per heavy atom. The second kappa shape index (κ2) is 4.53. The van der Waals surface area contributed by atoms with Crippen molar-refractivity contribution in [1.82, 2.24) is 5.32 Å². The summed E-state index contributed by atoms with van der Waals surface area (Å²) >= 11 is 0. The zero-order chi connectivity index (χ0) is 10.7. The van der Waals surface area contributed by atoms with E-state index in [1.807, 2.05) is 6.07 Å². The number of benzene rings is 1. The lowest BCUT2D eigenvalue weighted by Gasteiger charge is -2.12. The summed E-state index contributed by atoms with van der Waals surface area (Å²) in [6.45, 7) is 6.68.